The van der Waals surface area contributed by atoms with E-state index in [0.29, 0.717) is 16.8 Å². The van der Waals surface area contributed by atoms with Gasteiger partial charge in [-0.05, 0) is 0 Å². The number of alkyl halides is 1. The summed E-state index contributed by atoms with van der Waals surface area (Å²) < 4.78 is 4.98. The van der Waals surface area contributed by atoms with Gasteiger partial charge in [-0.1, -0.05) is 28.1 Å². The van der Waals surface area contributed by atoms with Gasteiger partial charge in [-0.2, -0.15) is 0 Å². The number of hydrogen-bond acceptors (Lipinski definition) is 4. The van der Waals surface area contributed by atoms with Crippen LogP contribution in [0.25, 0.3) is 6.08 Å². The highest BCUT2D eigenvalue weighted by Gasteiger charge is 2.10. The molecule has 5 nitrogen and oxygen atoms in total. The Kier molecular flexibility index (Phi) is 4.23. The minimum atomic E-state index is -0.488. The Bertz CT molecular complexity index is 393. The predicted octanol–water partition coefficient (Wildman–Crippen LogP) is 2.41. The minimum absolute atomic E-state index is 0.0509. The van der Waals surface area contributed by atoms with Gasteiger partial charge in [0.05, 0.1) is 12.0 Å². The van der Waals surface area contributed by atoms with Gasteiger partial charge < -0.3 is 4.74 Å². The zero-order chi connectivity index (χ0) is 11.3. The maximum Gasteiger partial charge on any atom is 0.288 e. The van der Waals surface area contributed by atoms with Gasteiger partial charge in [-0.25, -0.2) is 4.98 Å². The molecule has 0 aliphatic heterocycles. The van der Waals surface area contributed by atoms with Crippen LogP contribution in [-0.2, 0) is 0 Å². The van der Waals surface area contributed by atoms with Gasteiger partial charge in [0.2, 0.25) is 5.88 Å². The molecule has 0 N–H and O–H groups in total. The summed E-state index contributed by atoms with van der Waals surface area (Å²) in [6.45, 7) is 0. The molecule has 0 saturated carbocycles. The second kappa shape index (κ2) is 5.45. The molecule has 0 spiro atoms. The predicted molar refractivity (Wildman–Crippen MR) is 60.3 cm³/mol. The Morgan fingerprint density at radius 3 is 3.00 bits per heavy atom. The second-order valence-electron chi connectivity index (χ2n) is 2.61. The topological polar surface area (TPSA) is 65.3 Å². The van der Waals surface area contributed by atoms with Crippen LogP contribution in [0.1, 0.15) is 5.56 Å². The lowest BCUT2D eigenvalue weighted by Gasteiger charge is -2.02. The maximum absolute atomic E-state index is 10.5. The quantitative estimate of drug-likeness (QED) is 0.480. The largest absolute Gasteiger partial charge is 0.481 e. The number of halogens is 1. The molecule has 80 valence electrons. The van der Waals surface area contributed by atoms with Crippen LogP contribution in [-0.4, -0.2) is 22.3 Å². The number of methoxy groups -OCH3 is 1. The monoisotopic (exact) mass is 272 g/mol. The Hall–Kier alpha value is -1.43. The molecule has 0 radical (unpaired) electrons. The van der Waals surface area contributed by atoms with Crippen molar-refractivity contribution in [2.75, 3.05) is 12.4 Å². The highest BCUT2D eigenvalue weighted by molar-refractivity contribution is 9.09. The summed E-state index contributed by atoms with van der Waals surface area (Å²) in [5.74, 6) is 0.373. The number of pyridine rings is 1. The molecule has 0 bridgehead atoms. The average molecular weight is 273 g/mol. The van der Waals surface area contributed by atoms with Crippen molar-refractivity contribution in [3.05, 3.63) is 34.0 Å². The first-order valence-electron chi connectivity index (χ1n) is 4.10. The molecule has 1 aromatic heterocycles. The zero-order valence-electron chi connectivity index (χ0n) is 8.01. The van der Waals surface area contributed by atoms with Crippen LogP contribution in [0.5, 0.6) is 5.88 Å². The lowest BCUT2D eigenvalue weighted by atomic mass is 10.2. The molecule has 0 aliphatic rings. The first kappa shape index (κ1) is 11.6. The molecule has 0 unspecified atom stereocenters. The van der Waals surface area contributed by atoms with E-state index in [9.17, 15) is 10.1 Å². The highest BCUT2D eigenvalue weighted by Crippen LogP contribution is 2.21. The summed E-state index contributed by atoms with van der Waals surface area (Å²) in [5, 5.41) is 11.2. The van der Waals surface area contributed by atoms with Crippen LogP contribution in [0.15, 0.2) is 18.3 Å². The summed E-state index contributed by atoms with van der Waals surface area (Å²) in [5.41, 5.74) is 0.538. The van der Waals surface area contributed by atoms with Crippen LogP contribution in [0, 0.1) is 10.1 Å². The smallest absolute Gasteiger partial charge is 0.288 e. The lowest BCUT2D eigenvalue weighted by molar-refractivity contribution is -0.385. The molecule has 0 atom stereocenters. The molecule has 0 aromatic carbocycles. The van der Waals surface area contributed by atoms with E-state index in [0.717, 1.165) is 0 Å². The van der Waals surface area contributed by atoms with E-state index in [2.05, 4.69) is 20.9 Å². The number of hydrogen-bond donors (Lipinski definition) is 0. The van der Waals surface area contributed by atoms with Crippen LogP contribution >= 0.6 is 15.9 Å². The maximum atomic E-state index is 10.5. The second-order valence-corrected chi connectivity index (χ2v) is 3.25. The van der Waals surface area contributed by atoms with E-state index in [4.69, 9.17) is 4.74 Å². The third-order valence-electron chi connectivity index (χ3n) is 1.66. The fourth-order valence-electron chi connectivity index (χ4n) is 1.02. The van der Waals surface area contributed by atoms with Gasteiger partial charge in [-0.15, -0.1) is 0 Å². The van der Waals surface area contributed by atoms with Crippen molar-refractivity contribution in [2.45, 2.75) is 0 Å². The van der Waals surface area contributed by atoms with Crippen LogP contribution < -0.4 is 4.74 Å². The standard InChI is InChI=1S/C9H9BrN2O3/c1-15-9-7(3-2-4-10)5-8(6-11-9)12(13)14/h2-3,5-6H,4H2,1H3. The van der Waals surface area contributed by atoms with Gasteiger partial charge in [0.25, 0.3) is 5.69 Å². The number of aromatic nitrogens is 1. The number of allylic oxidation sites excluding steroid dienone is 1. The van der Waals surface area contributed by atoms with Crippen molar-refractivity contribution in [2.24, 2.45) is 0 Å². The molecule has 6 heteroatoms. The number of ether oxygens (including phenoxy) is 1. The summed E-state index contributed by atoms with van der Waals surface area (Å²) in [7, 11) is 1.47. The van der Waals surface area contributed by atoms with Crippen molar-refractivity contribution < 1.29 is 9.66 Å². The molecular formula is C9H9BrN2O3. The Labute approximate surface area is 95.1 Å². The van der Waals surface area contributed by atoms with Crippen molar-refractivity contribution in [1.82, 2.24) is 4.98 Å². The van der Waals surface area contributed by atoms with Crippen LogP contribution in [0.3, 0.4) is 0 Å². The minimum Gasteiger partial charge on any atom is -0.481 e. The van der Waals surface area contributed by atoms with Crippen LogP contribution in [0.2, 0.25) is 0 Å². The van der Waals surface area contributed by atoms with Crippen molar-refractivity contribution in [1.29, 1.82) is 0 Å². The van der Waals surface area contributed by atoms with E-state index >= 15 is 0 Å². The Balaban J connectivity index is 3.13. The highest BCUT2D eigenvalue weighted by atomic mass is 79.9. The fourth-order valence-corrected chi connectivity index (χ4v) is 1.21. The average Bonchev–Trinajstić information content (AvgIpc) is 2.25. The fraction of sp³-hybridized carbons (Fsp3) is 0.222. The molecule has 1 aromatic rings. The van der Waals surface area contributed by atoms with E-state index < -0.39 is 4.92 Å². The van der Waals surface area contributed by atoms with E-state index in [1.165, 1.54) is 19.4 Å². The number of rotatable bonds is 4. The first-order valence-corrected chi connectivity index (χ1v) is 5.22. The van der Waals surface area contributed by atoms with Crippen molar-refractivity contribution in [3.8, 4) is 5.88 Å². The third-order valence-corrected chi connectivity index (χ3v) is 2.03. The SMILES string of the molecule is COc1ncc([N+](=O)[O-])cc1C=CCBr. The number of nitro groups is 1. The zero-order valence-corrected chi connectivity index (χ0v) is 9.60. The Morgan fingerprint density at radius 2 is 2.47 bits per heavy atom. The molecule has 1 rings (SSSR count). The lowest BCUT2D eigenvalue weighted by Crippen LogP contribution is -1.94. The summed E-state index contributed by atoms with van der Waals surface area (Å²) in [4.78, 5) is 13.9. The van der Waals surface area contributed by atoms with Crippen molar-refractivity contribution >= 4 is 27.7 Å². The van der Waals surface area contributed by atoms with E-state index in [1.807, 2.05) is 6.08 Å². The summed E-state index contributed by atoms with van der Waals surface area (Å²) in [6.07, 6.45) is 4.70. The third kappa shape index (κ3) is 3.02. The van der Waals surface area contributed by atoms with Gasteiger partial charge in [-0.3, -0.25) is 10.1 Å². The van der Waals surface area contributed by atoms with Gasteiger partial charge in [0, 0.05) is 17.0 Å². The summed E-state index contributed by atoms with van der Waals surface area (Å²) in [6, 6.07) is 1.42. The van der Waals surface area contributed by atoms with Crippen LogP contribution in [0.4, 0.5) is 5.69 Å². The molecule has 0 saturated heterocycles. The molecule has 1 heterocycles. The molecule has 0 aliphatic carbocycles. The Morgan fingerprint density at radius 1 is 1.73 bits per heavy atom. The van der Waals surface area contributed by atoms with Gasteiger partial charge in [0.15, 0.2) is 0 Å². The van der Waals surface area contributed by atoms with Gasteiger partial charge in [0.1, 0.15) is 6.20 Å². The molecule has 15 heavy (non-hydrogen) atoms. The summed E-state index contributed by atoms with van der Waals surface area (Å²) >= 11 is 3.22. The molecule has 0 amide bonds. The first-order chi connectivity index (χ1) is 7.19. The normalized spacial score (nSPS) is 10.5. The molecular weight excluding hydrogens is 264 g/mol. The van der Waals surface area contributed by atoms with E-state index in [-0.39, 0.29) is 5.69 Å². The number of nitrogens with zero attached hydrogens (tertiary/aromatic N) is 2. The van der Waals surface area contributed by atoms with Gasteiger partial charge >= 0.3 is 0 Å². The molecule has 0 fully saturated rings. The van der Waals surface area contributed by atoms with E-state index in [1.54, 1.807) is 6.08 Å². The van der Waals surface area contributed by atoms with Crippen molar-refractivity contribution in [3.63, 3.8) is 0 Å².